The van der Waals surface area contributed by atoms with E-state index in [4.69, 9.17) is 14.7 Å². The zero-order valence-electron chi connectivity index (χ0n) is 20.2. The van der Waals surface area contributed by atoms with Crippen LogP contribution in [0.3, 0.4) is 0 Å². The maximum absolute atomic E-state index is 13.0. The maximum atomic E-state index is 13.0. The van der Waals surface area contributed by atoms with Crippen LogP contribution >= 0.6 is 0 Å². The predicted molar refractivity (Wildman–Crippen MR) is 141 cm³/mol. The molecule has 0 saturated carbocycles. The smallest absolute Gasteiger partial charge is 0.308 e. The molecule has 0 spiro atoms. The minimum Gasteiger partial charge on any atom is -0.491 e. The van der Waals surface area contributed by atoms with Crippen molar-refractivity contribution >= 4 is 11.9 Å². The molecule has 1 amide bonds. The Morgan fingerprint density at radius 3 is 2.19 bits per heavy atom. The summed E-state index contributed by atoms with van der Waals surface area (Å²) < 4.78 is 11.2. The van der Waals surface area contributed by atoms with Crippen LogP contribution in [0, 0.1) is 11.3 Å². The van der Waals surface area contributed by atoms with Crippen molar-refractivity contribution in [2.45, 2.75) is 19.1 Å². The van der Waals surface area contributed by atoms with E-state index >= 15 is 0 Å². The zero-order chi connectivity index (χ0) is 25.9. The summed E-state index contributed by atoms with van der Waals surface area (Å²) in [5.74, 6) is -0.305. The molecule has 0 bridgehead atoms. The highest BCUT2D eigenvalue weighted by atomic mass is 16.5. The lowest BCUT2D eigenvalue weighted by Crippen LogP contribution is -2.41. The van der Waals surface area contributed by atoms with Crippen LogP contribution in [0.25, 0.3) is 11.1 Å². The van der Waals surface area contributed by atoms with Gasteiger partial charge in [-0.25, -0.2) is 0 Å². The first-order valence-electron chi connectivity index (χ1n) is 11.9. The van der Waals surface area contributed by atoms with Gasteiger partial charge in [-0.05, 0) is 47.0 Å². The summed E-state index contributed by atoms with van der Waals surface area (Å²) in [4.78, 5) is 25.6. The average Bonchev–Trinajstić information content (AvgIpc) is 2.96. The number of amides is 1. The van der Waals surface area contributed by atoms with E-state index in [2.05, 4.69) is 11.4 Å². The molecule has 0 aliphatic carbocycles. The summed E-state index contributed by atoms with van der Waals surface area (Å²) in [5, 5.41) is 12.0. The molecule has 184 valence electrons. The largest absolute Gasteiger partial charge is 0.491 e. The molecule has 0 fully saturated rings. The molecule has 0 aromatic heterocycles. The lowest BCUT2D eigenvalue weighted by molar-refractivity contribution is -0.145. The van der Waals surface area contributed by atoms with Crippen LogP contribution in [0.5, 0.6) is 5.75 Å². The number of rotatable bonds is 10. The molecule has 0 aliphatic heterocycles. The van der Waals surface area contributed by atoms with Crippen molar-refractivity contribution in [2.75, 3.05) is 6.61 Å². The van der Waals surface area contributed by atoms with Gasteiger partial charge in [0, 0.05) is 5.56 Å². The second-order valence-corrected chi connectivity index (χ2v) is 8.41. The SMILES string of the molecule is N#Cc1cccc(OC[C@@H](CC(=O)OCc2ccccc2)NC(=O)c2ccc(-c3ccccc3)cc2)c1. The quantitative estimate of drug-likeness (QED) is 0.295. The van der Waals surface area contributed by atoms with Gasteiger partial charge in [0.05, 0.1) is 24.1 Å². The molecular formula is C31H26N2O4. The Kier molecular flexibility index (Phi) is 8.66. The number of carbonyl (C=O) groups excluding carboxylic acids is 2. The van der Waals surface area contributed by atoms with Crippen molar-refractivity contribution in [3.63, 3.8) is 0 Å². The van der Waals surface area contributed by atoms with E-state index < -0.39 is 12.0 Å². The highest BCUT2D eigenvalue weighted by Crippen LogP contribution is 2.19. The minimum absolute atomic E-state index is 0.0309. The average molecular weight is 491 g/mol. The second-order valence-electron chi connectivity index (χ2n) is 8.41. The number of benzene rings is 4. The fourth-order valence-corrected chi connectivity index (χ4v) is 3.72. The summed E-state index contributed by atoms with van der Waals surface area (Å²) in [6.45, 7) is 0.176. The standard InChI is InChI=1S/C31H26N2O4/c32-20-24-10-7-13-29(18-24)36-22-28(19-30(34)37-21-23-8-3-1-4-9-23)33-31(35)27-16-14-26(15-17-27)25-11-5-2-6-12-25/h1-18,28H,19,21-22H2,(H,33,35)/t28-/m1/s1. The van der Waals surface area contributed by atoms with Crippen molar-refractivity contribution in [3.8, 4) is 22.9 Å². The van der Waals surface area contributed by atoms with Gasteiger partial charge in [0.2, 0.25) is 0 Å². The van der Waals surface area contributed by atoms with Crippen LogP contribution in [0.1, 0.15) is 27.9 Å². The molecule has 0 aliphatic rings. The van der Waals surface area contributed by atoms with Gasteiger partial charge in [0.15, 0.2) is 0 Å². The first kappa shape index (κ1) is 25.2. The molecule has 6 heteroatoms. The van der Waals surface area contributed by atoms with E-state index in [1.165, 1.54) is 0 Å². The number of hydrogen-bond acceptors (Lipinski definition) is 5. The summed E-state index contributed by atoms with van der Waals surface area (Å²) in [5.41, 5.74) is 3.85. The van der Waals surface area contributed by atoms with Crippen LogP contribution in [0.4, 0.5) is 0 Å². The topological polar surface area (TPSA) is 88.4 Å². The number of nitriles is 1. The van der Waals surface area contributed by atoms with E-state index in [1.54, 1.807) is 36.4 Å². The van der Waals surface area contributed by atoms with Gasteiger partial charge in [-0.15, -0.1) is 0 Å². The Morgan fingerprint density at radius 2 is 1.49 bits per heavy atom. The van der Waals surface area contributed by atoms with Crippen LogP contribution in [0.2, 0.25) is 0 Å². The van der Waals surface area contributed by atoms with Crippen molar-refractivity contribution < 1.29 is 19.1 Å². The molecule has 1 N–H and O–H groups in total. The van der Waals surface area contributed by atoms with Gasteiger partial charge in [-0.2, -0.15) is 5.26 Å². The molecule has 6 nitrogen and oxygen atoms in total. The van der Waals surface area contributed by atoms with Gasteiger partial charge in [-0.3, -0.25) is 9.59 Å². The number of ether oxygens (including phenoxy) is 2. The van der Waals surface area contributed by atoms with Crippen LogP contribution < -0.4 is 10.1 Å². The van der Waals surface area contributed by atoms with E-state index in [0.717, 1.165) is 16.7 Å². The molecule has 0 unspecified atom stereocenters. The molecule has 37 heavy (non-hydrogen) atoms. The molecule has 4 aromatic carbocycles. The van der Waals surface area contributed by atoms with Crippen molar-refractivity contribution in [1.29, 1.82) is 5.26 Å². The summed E-state index contributed by atoms with van der Waals surface area (Å²) >= 11 is 0. The fourth-order valence-electron chi connectivity index (χ4n) is 3.72. The third-order valence-electron chi connectivity index (χ3n) is 5.66. The summed E-state index contributed by atoms with van der Waals surface area (Å²) in [6.07, 6.45) is -0.0708. The van der Waals surface area contributed by atoms with Gasteiger partial charge < -0.3 is 14.8 Å². The van der Waals surface area contributed by atoms with Crippen LogP contribution in [-0.4, -0.2) is 24.5 Å². The lowest BCUT2D eigenvalue weighted by atomic mass is 10.0. The Morgan fingerprint density at radius 1 is 0.811 bits per heavy atom. The predicted octanol–water partition coefficient (Wildman–Crippen LogP) is 5.54. The Hall–Kier alpha value is -4.89. The zero-order valence-corrected chi connectivity index (χ0v) is 20.2. The number of carbonyl (C=O) groups is 2. The Labute approximate surface area is 216 Å². The van der Waals surface area contributed by atoms with E-state index in [9.17, 15) is 9.59 Å². The van der Waals surface area contributed by atoms with E-state index in [0.29, 0.717) is 16.9 Å². The third kappa shape index (κ3) is 7.55. The molecule has 4 rings (SSSR count). The fraction of sp³-hybridized carbons (Fsp3) is 0.129. The molecular weight excluding hydrogens is 464 g/mol. The Bertz CT molecular complexity index is 1360. The number of nitrogens with one attached hydrogen (secondary N) is 1. The second kappa shape index (κ2) is 12.7. The van der Waals surface area contributed by atoms with Crippen molar-refractivity contribution in [1.82, 2.24) is 5.32 Å². The minimum atomic E-state index is -0.643. The van der Waals surface area contributed by atoms with Crippen molar-refractivity contribution in [2.24, 2.45) is 0 Å². The Balaban J connectivity index is 1.42. The van der Waals surface area contributed by atoms with Crippen molar-refractivity contribution in [3.05, 3.63) is 126 Å². The van der Waals surface area contributed by atoms with Gasteiger partial charge in [0.25, 0.3) is 5.91 Å². The lowest BCUT2D eigenvalue weighted by Gasteiger charge is -2.19. The molecule has 0 saturated heterocycles. The van der Waals surface area contributed by atoms with Gasteiger partial charge >= 0.3 is 5.97 Å². The molecule has 1 atom stereocenters. The summed E-state index contributed by atoms with van der Waals surface area (Å²) in [7, 11) is 0. The number of nitrogens with zero attached hydrogens (tertiary/aromatic N) is 1. The third-order valence-corrected chi connectivity index (χ3v) is 5.66. The van der Waals surface area contributed by atoms with Crippen LogP contribution in [0.15, 0.2) is 109 Å². The van der Waals surface area contributed by atoms with Gasteiger partial charge in [-0.1, -0.05) is 78.9 Å². The first-order chi connectivity index (χ1) is 18.1. The van der Waals surface area contributed by atoms with Crippen LogP contribution in [-0.2, 0) is 16.1 Å². The maximum Gasteiger partial charge on any atom is 0.308 e. The molecule has 0 radical (unpaired) electrons. The van der Waals surface area contributed by atoms with E-state index in [1.807, 2.05) is 72.8 Å². The van der Waals surface area contributed by atoms with E-state index in [-0.39, 0.29) is 25.5 Å². The normalized spacial score (nSPS) is 11.1. The highest BCUT2D eigenvalue weighted by Gasteiger charge is 2.20. The van der Waals surface area contributed by atoms with Gasteiger partial charge in [0.1, 0.15) is 19.0 Å². The monoisotopic (exact) mass is 490 g/mol. The number of esters is 1. The first-order valence-corrected chi connectivity index (χ1v) is 11.9. The summed E-state index contributed by atoms with van der Waals surface area (Å²) in [6, 6.07) is 34.7. The molecule has 4 aromatic rings. The highest BCUT2D eigenvalue weighted by molar-refractivity contribution is 5.95. The molecule has 0 heterocycles. The number of hydrogen-bond donors (Lipinski definition) is 1.